The Balaban J connectivity index is 2.33. The minimum Gasteiger partial charge on any atom is -0.323 e. The first-order valence-electron chi connectivity index (χ1n) is 9.39. The molecule has 1 aromatic heterocycles. The summed E-state index contributed by atoms with van der Waals surface area (Å²) in [7, 11) is -7.37. The Morgan fingerprint density at radius 2 is 1.63 bits per heavy atom. The normalized spacial score (nSPS) is 12.1. The van der Waals surface area contributed by atoms with Crippen molar-refractivity contribution in [1.29, 1.82) is 0 Å². The number of hydrogen-bond donors (Lipinski definition) is 1. The van der Waals surface area contributed by atoms with Crippen molar-refractivity contribution >= 4 is 31.5 Å². The lowest BCUT2D eigenvalue weighted by molar-refractivity contribution is -0.116. The summed E-state index contributed by atoms with van der Waals surface area (Å²) in [6, 6.07) is 8.24. The molecule has 30 heavy (non-hydrogen) atoms. The molecule has 0 saturated carbocycles. The number of para-hydroxylation sites is 1. The van der Waals surface area contributed by atoms with Crippen LogP contribution in [0, 0.1) is 0 Å². The number of aromatic nitrogens is 1. The van der Waals surface area contributed by atoms with Crippen LogP contribution in [0.2, 0.25) is 0 Å². The van der Waals surface area contributed by atoms with E-state index in [0.717, 1.165) is 16.8 Å². The van der Waals surface area contributed by atoms with E-state index in [9.17, 15) is 26.4 Å². The van der Waals surface area contributed by atoms with Crippen molar-refractivity contribution in [2.24, 2.45) is 0 Å². The molecule has 9 nitrogen and oxygen atoms in total. The highest BCUT2D eigenvalue weighted by Crippen LogP contribution is 2.22. The molecule has 0 fully saturated rings. The van der Waals surface area contributed by atoms with E-state index in [-0.39, 0.29) is 34.3 Å². The molecule has 0 bridgehead atoms. The van der Waals surface area contributed by atoms with Crippen LogP contribution >= 0.6 is 0 Å². The third-order valence-corrected chi connectivity index (χ3v) is 8.31. The summed E-state index contributed by atoms with van der Waals surface area (Å²) in [5.74, 6) is -0.793. The second-order valence-corrected chi connectivity index (χ2v) is 10.6. The molecule has 11 heteroatoms. The Labute approximate surface area is 176 Å². The molecular weight excluding hydrogens is 430 g/mol. The Morgan fingerprint density at radius 1 is 1.00 bits per heavy atom. The second kappa shape index (κ2) is 9.54. The molecular formula is C19H25N3O6S2. The van der Waals surface area contributed by atoms with Crippen LogP contribution in [0.25, 0.3) is 0 Å². The predicted molar refractivity (Wildman–Crippen MR) is 114 cm³/mol. The summed E-state index contributed by atoms with van der Waals surface area (Å²) in [6.45, 7) is 4.96. The van der Waals surface area contributed by atoms with Crippen molar-refractivity contribution in [2.75, 3.05) is 24.2 Å². The highest BCUT2D eigenvalue weighted by atomic mass is 32.2. The number of anilines is 1. The van der Waals surface area contributed by atoms with Gasteiger partial charge in [0.2, 0.25) is 15.9 Å². The molecule has 0 unspecified atom stereocenters. The van der Waals surface area contributed by atoms with Gasteiger partial charge in [0, 0.05) is 25.4 Å². The largest absolute Gasteiger partial charge is 0.323 e. The van der Waals surface area contributed by atoms with Crippen LogP contribution in [0.3, 0.4) is 0 Å². The number of carbonyl (C=O) groups excluding carboxylic acids is 1. The zero-order valence-corrected chi connectivity index (χ0v) is 18.7. The number of sulfone groups is 1. The number of nitrogens with zero attached hydrogens (tertiary/aromatic N) is 2. The van der Waals surface area contributed by atoms with Crippen LogP contribution in [-0.4, -0.2) is 50.5 Å². The third-order valence-electron chi connectivity index (χ3n) is 4.49. The van der Waals surface area contributed by atoms with Crippen LogP contribution in [0.5, 0.6) is 0 Å². The van der Waals surface area contributed by atoms with E-state index in [4.69, 9.17) is 0 Å². The van der Waals surface area contributed by atoms with Gasteiger partial charge in [0.15, 0.2) is 9.84 Å². The first-order valence-corrected chi connectivity index (χ1v) is 12.5. The number of sulfonamides is 1. The summed E-state index contributed by atoms with van der Waals surface area (Å²) in [4.78, 5) is 24.5. The molecule has 0 spiro atoms. The molecule has 1 heterocycles. The standard InChI is InChI=1S/C19H25N3O6S2/c1-4-22(5-2)30(27,28)15-11-12-19(24)21(13-15)14-18(23)20-16-9-7-8-10-17(16)29(25,26)6-3/h7-13H,4-6,14H2,1-3H3,(H,20,23). The Morgan fingerprint density at radius 3 is 2.23 bits per heavy atom. The van der Waals surface area contributed by atoms with Crippen LogP contribution in [0.15, 0.2) is 57.2 Å². The van der Waals surface area contributed by atoms with Crippen molar-refractivity contribution in [3.63, 3.8) is 0 Å². The van der Waals surface area contributed by atoms with Gasteiger partial charge in [-0.3, -0.25) is 9.59 Å². The van der Waals surface area contributed by atoms with E-state index in [2.05, 4.69) is 5.32 Å². The minimum atomic E-state index is -3.80. The Bertz CT molecular complexity index is 1180. The van der Waals surface area contributed by atoms with Gasteiger partial charge in [-0.25, -0.2) is 16.8 Å². The highest BCUT2D eigenvalue weighted by molar-refractivity contribution is 7.91. The topological polar surface area (TPSA) is 123 Å². The van der Waals surface area contributed by atoms with E-state index in [1.165, 1.54) is 29.4 Å². The molecule has 0 radical (unpaired) electrons. The third kappa shape index (κ3) is 5.15. The van der Waals surface area contributed by atoms with E-state index < -0.39 is 37.9 Å². The van der Waals surface area contributed by atoms with Gasteiger partial charge in [0.25, 0.3) is 5.56 Å². The van der Waals surface area contributed by atoms with Crippen molar-refractivity contribution in [1.82, 2.24) is 8.87 Å². The van der Waals surface area contributed by atoms with Gasteiger partial charge in [0.1, 0.15) is 6.54 Å². The number of amides is 1. The predicted octanol–water partition coefficient (Wildman–Crippen LogP) is 1.31. The fraction of sp³-hybridized carbons (Fsp3) is 0.368. The minimum absolute atomic E-state index is 0.0222. The lowest BCUT2D eigenvalue weighted by atomic mass is 10.3. The van der Waals surface area contributed by atoms with Gasteiger partial charge in [-0.05, 0) is 18.2 Å². The Hall–Kier alpha value is -2.50. The van der Waals surface area contributed by atoms with Crippen LogP contribution < -0.4 is 10.9 Å². The SMILES string of the molecule is CCN(CC)S(=O)(=O)c1ccc(=O)n(CC(=O)Nc2ccccc2S(=O)(=O)CC)c1. The zero-order valence-electron chi connectivity index (χ0n) is 17.0. The first-order chi connectivity index (χ1) is 14.1. The van der Waals surface area contributed by atoms with Crippen molar-refractivity contribution < 1.29 is 21.6 Å². The molecule has 0 atom stereocenters. The van der Waals surface area contributed by atoms with Gasteiger partial charge in [-0.1, -0.05) is 32.9 Å². The number of pyridine rings is 1. The maximum absolute atomic E-state index is 12.7. The molecule has 1 aromatic carbocycles. The number of carbonyl (C=O) groups is 1. The van der Waals surface area contributed by atoms with Gasteiger partial charge in [-0.2, -0.15) is 4.31 Å². The van der Waals surface area contributed by atoms with Gasteiger partial charge >= 0.3 is 0 Å². The van der Waals surface area contributed by atoms with Gasteiger partial charge in [-0.15, -0.1) is 0 Å². The average molecular weight is 456 g/mol. The molecule has 0 aliphatic heterocycles. The summed E-state index contributed by atoms with van der Waals surface area (Å²) < 4.78 is 52.0. The van der Waals surface area contributed by atoms with Crippen LogP contribution in [0.1, 0.15) is 20.8 Å². The van der Waals surface area contributed by atoms with E-state index in [1.807, 2.05) is 0 Å². The molecule has 2 aromatic rings. The molecule has 2 rings (SSSR count). The summed E-state index contributed by atoms with van der Waals surface area (Å²) in [6.07, 6.45) is 1.12. The van der Waals surface area contributed by atoms with Crippen LogP contribution in [-0.2, 0) is 31.2 Å². The molecule has 1 amide bonds. The number of benzene rings is 1. The molecule has 1 N–H and O–H groups in total. The van der Waals surface area contributed by atoms with Crippen molar-refractivity contribution in [3.8, 4) is 0 Å². The fourth-order valence-corrected chi connectivity index (χ4v) is 5.37. The Kier molecular flexibility index (Phi) is 7.56. The molecule has 164 valence electrons. The molecule has 0 aliphatic carbocycles. The summed E-state index contributed by atoms with van der Waals surface area (Å²) in [5.41, 5.74) is -0.456. The van der Waals surface area contributed by atoms with E-state index >= 15 is 0 Å². The molecule has 0 aliphatic rings. The second-order valence-electron chi connectivity index (χ2n) is 6.37. The molecule has 0 saturated heterocycles. The van der Waals surface area contributed by atoms with Crippen LogP contribution in [0.4, 0.5) is 5.69 Å². The average Bonchev–Trinajstić information content (AvgIpc) is 2.70. The smallest absolute Gasteiger partial charge is 0.251 e. The lowest BCUT2D eigenvalue weighted by Gasteiger charge is -2.19. The van der Waals surface area contributed by atoms with Gasteiger partial charge < -0.3 is 9.88 Å². The fourth-order valence-electron chi connectivity index (χ4n) is 2.84. The van der Waals surface area contributed by atoms with Crippen molar-refractivity contribution in [2.45, 2.75) is 37.1 Å². The monoisotopic (exact) mass is 455 g/mol. The lowest BCUT2D eigenvalue weighted by Crippen LogP contribution is -2.33. The number of hydrogen-bond acceptors (Lipinski definition) is 6. The maximum Gasteiger partial charge on any atom is 0.251 e. The quantitative estimate of drug-likeness (QED) is 0.608. The van der Waals surface area contributed by atoms with E-state index in [1.54, 1.807) is 26.0 Å². The summed E-state index contributed by atoms with van der Waals surface area (Å²) in [5, 5.41) is 2.49. The summed E-state index contributed by atoms with van der Waals surface area (Å²) >= 11 is 0. The maximum atomic E-state index is 12.7. The zero-order chi connectivity index (χ0) is 22.5. The van der Waals surface area contributed by atoms with E-state index in [0.29, 0.717) is 0 Å². The first kappa shape index (κ1) is 23.8. The number of nitrogens with one attached hydrogen (secondary N) is 1. The van der Waals surface area contributed by atoms with Crippen molar-refractivity contribution in [3.05, 3.63) is 52.9 Å². The number of rotatable bonds is 9. The van der Waals surface area contributed by atoms with Gasteiger partial charge in [0.05, 0.1) is 21.2 Å². The highest BCUT2D eigenvalue weighted by Gasteiger charge is 2.23.